The van der Waals surface area contributed by atoms with Gasteiger partial charge in [0, 0.05) is 16.5 Å². The average molecular weight is 502 g/mol. The summed E-state index contributed by atoms with van der Waals surface area (Å²) in [6.45, 7) is 0. The zero-order chi connectivity index (χ0) is 25.9. The number of rotatable bonds is 3. The second-order valence-electron chi connectivity index (χ2n) is 9.83. The Bertz CT molecular complexity index is 2240. The Morgan fingerprint density at radius 1 is 0.436 bits per heavy atom. The summed E-state index contributed by atoms with van der Waals surface area (Å²) in [7, 11) is 0. The van der Waals surface area contributed by atoms with Gasteiger partial charge in [-0.2, -0.15) is 0 Å². The smallest absolute Gasteiger partial charge is 0.266 e. The van der Waals surface area contributed by atoms with Crippen molar-refractivity contribution in [3.63, 3.8) is 0 Å². The van der Waals surface area contributed by atoms with Crippen LogP contribution in [0.3, 0.4) is 0 Å². The van der Waals surface area contributed by atoms with E-state index < -0.39 is 0 Å². The number of para-hydroxylation sites is 4. The minimum Gasteiger partial charge on any atom is -0.309 e. The Balaban J connectivity index is 1.45. The first-order valence-corrected chi connectivity index (χ1v) is 13.1. The van der Waals surface area contributed by atoms with Gasteiger partial charge in [0.25, 0.3) is 5.56 Å². The van der Waals surface area contributed by atoms with Gasteiger partial charge in [-0.05, 0) is 72.3 Å². The Kier molecular flexibility index (Phi) is 4.64. The monoisotopic (exact) mass is 501 g/mol. The molecular weight excluding hydrogens is 478 g/mol. The Morgan fingerprint density at radius 2 is 1.03 bits per heavy atom. The maximum Gasteiger partial charge on any atom is 0.266 e. The second kappa shape index (κ2) is 8.33. The van der Waals surface area contributed by atoms with Crippen LogP contribution < -0.4 is 5.56 Å². The van der Waals surface area contributed by atoms with E-state index >= 15 is 0 Å². The van der Waals surface area contributed by atoms with Crippen LogP contribution in [-0.2, 0) is 0 Å². The van der Waals surface area contributed by atoms with Crippen LogP contribution in [-0.4, -0.2) is 13.5 Å². The predicted molar refractivity (Wildman–Crippen MR) is 160 cm³/mol. The van der Waals surface area contributed by atoms with Crippen LogP contribution >= 0.6 is 0 Å². The predicted octanol–water partition coefficient (Wildman–Crippen LogP) is 8.01. The molecule has 0 amide bonds. The average Bonchev–Trinajstić information content (AvgIpc) is 3.58. The first kappa shape index (κ1) is 21.7. The molecule has 0 aliphatic rings. The summed E-state index contributed by atoms with van der Waals surface area (Å²) < 4.78 is 6.35. The van der Waals surface area contributed by atoms with Crippen LogP contribution in [0.4, 0.5) is 0 Å². The molecule has 0 atom stereocenters. The summed E-state index contributed by atoms with van der Waals surface area (Å²) in [5.74, 6) is 0. The van der Waals surface area contributed by atoms with Crippen molar-refractivity contribution >= 4 is 38.4 Å². The van der Waals surface area contributed by atoms with Gasteiger partial charge in [0.1, 0.15) is 5.65 Å². The van der Waals surface area contributed by atoms with Gasteiger partial charge in [-0.1, -0.05) is 72.8 Å². The summed E-state index contributed by atoms with van der Waals surface area (Å²) >= 11 is 0. The van der Waals surface area contributed by atoms with Crippen LogP contribution in [0.2, 0.25) is 0 Å². The highest BCUT2D eigenvalue weighted by molar-refractivity contribution is 6.10. The maximum atomic E-state index is 13.7. The van der Waals surface area contributed by atoms with Gasteiger partial charge in [0.2, 0.25) is 0 Å². The first-order valence-electron chi connectivity index (χ1n) is 13.1. The van der Waals surface area contributed by atoms with Gasteiger partial charge in [-0.15, -0.1) is 0 Å². The molecule has 8 aromatic rings. The van der Waals surface area contributed by atoms with Gasteiger partial charge in [-0.3, -0.25) is 13.8 Å². The van der Waals surface area contributed by atoms with Crippen molar-refractivity contribution in [2.45, 2.75) is 0 Å². The third kappa shape index (κ3) is 3.15. The van der Waals surface area contributed by atoms with Crippen molar-refractivity contribution in [3.05, 3.63) is 150 Å². The van der Waals surface area contributed by atoms with Gasteiger partial charge < -0.3 is 4.57 Å². The van der Waals surface area contributed by atoms with E-state index in [9.17, 15) is 4.79 Å². The van der Waals surface area contributed by atoms with Gasteiger partial charge >= 0.3 is 0 Å². The molecule has 0 radical (unpaired) electrons. The fourth-order valence-electron chi connectivity index (χ4n) is 5.97. The van der Waals surface area contributed by atoms with Crippen molar-refractivity contribution in [2.24, 2.45) is 0 Å². The van der Waals surface area contributed by atoms with Crippen LogP contribution in [0, 0.1) is 0 Å². The first-order chi connectivity index (χ1) is 19.3. The van der Waals surface area contributed by atoms with E-state index in [1.807, 2.05) is 71.3 Å². The summed E-state index contributed by atoms with van der Waals surface area (Å²) in [6, 6.07) is 47.7. The SMILES string of the molecule is O=c1c2ccccc2n2c(-c3ccc4c(c3)c3ccccc3n4-c3ccccc3)ccc2n1-c1ccccc1. The molecule has 5 aromatic carbocycles. The molecule has 0 fully saturated rings. The summed E-state index contributed by atoms with van der Waals surface area (Å²) in [5.41, 5.74) is 8.20. The highest BCUT2D eigenvalue weighted by Gasteiger charge is 2.18. The van der Waals surface area contributed by atoms with Crippen molar-refractivity contribution in [2.75, 3.05) is 0 Å². The maximum absolute atomic E-state index is 13.7. The second-order valence-corrected chi connectivity index (χ2v) is 9.83. The third-order valence-corrected chi connectivity index (χ3v) is 7.66. The number of hydrogen-bond donors (Lipinski definition) is 0. The topological polar surface area (TPSA) is 31.3 Å². The molecule has 3 aromatic heterocycles. The number of hydrogen-bond acceptors (Lipinski definition) is 1. The molecule has 0 unspecified atom stereocenters. The largest absolute Gasteiger partial charge is 0.309 e. The molecule has 39 heavy (non-hydrogen) atoms. The number of aromatic nitrogens is 3. The zero-order valence-electron chi connectivity index (χ0n) is 21.0. The lowest BCUT2D eigenvalue weighted by molar-refractivity contribution is 1.00. The van der Waals surface area contributed by atoms with Crippen LogP contribution in [0.1, 0.15) is 0 Å². The van der Waals surface area contributed by atoms with E-state index in [-0.39, 0.29) is 5.56 Å². The molecule has 3 heterocycles. The van der Waals surface area contributed by atoms with E-state index in [2.05, 4.69) is 81.8 Å². The van der Waals surface area contributed by atoms with Crippen LogP contribution in [0.15, 0.2) is 144 Å². The lowest BCUT2D eigenvalue weighted by Gasteiger charge is -2.14. The number of nitrogens with zero attached hydrogens (tertiary/aromatic N) is 3. The molecule has 0 N–H and O–H groups in total. The van der Waals surface area contributed by atoms with Gasteiger partial charge in [0.05, 0.1) is 33.3 Å². The van der Waals surface area contributed by atoms with Gasteiger partial charge in [-0.25, -0.2) is 0 Å². The summed E-state index contributed by atoms with van der Waals surface area (Å²) in [6.07, 6.45) is 0. The molecular formula is C35H23N3O. The number of benzene rings is 5. The van der Waals surface area contributed by atoms with Gasteiger partial charge in [0.15, 0.2) is 0 Å². The van der Waals surface area contributed by atoms with Crippen molar-refractivity contribution < 1.29 is 0 Å². The fourth-order valence-corrected chi connectivity index (χ4v) is 5.97. The normalized spacial score (nSPS) is 11.7. The third-order valence-electron chi connectivity index (χ3n) is 7.66. The fraction of sp³-hybridized carbons (Fsp3) is 0. The van der Waals surface area contributed by atoms with Crippen LogP contribution in [0.25, 0.3) is 61.0 Å². The van der Waals surface area contributed by atoms with E-state index in [0.29, 0.717) is 5.39 Å². The summed E-state index contributed by atoms with van der Waals surface area (Å²) in [5, 5.41) is 3.10. The molecule has 0 bridgehead atoms. The van der Waals surface area contributed by atoms with E-state index in [4.69, 9.17) is 0 Å². The Labute approximate surface area is 224 Å². The lowest BCUT2D eigenvalue weighted by atomic mass is 10.1. The van der Waals surface area contributed by atoms with E-state index in [0.717, 1.165) is 39.3 Å². The molecule has 0 saturated heterocycles. The minimum absolute atomic E-state index is 0.0182. The Morgan fingerprint density at radius 3 is 1.77 bits per heavy atom. The van der Waals surface area contributed by atoms with Crippen molar-refractivity contribution in [3.8, 4) is 22.6 Å². The molecule has 4 heteroatoms. The molecule has 0 spiro atoms. The van der Waals surface area contributed by atoms with E-state index in [1.165, 1.54) is 16.3 Å². The lowest BCUT2D eigenvalue weighted by Crippen LogP contribution is -2.21. The number of fused-ring (bicyclic) bond motifs is 6. The molecule has 184 valence electrons. The van der Waals surface area contributed by atoms with Crippen molar-refractivity contribution in [1.82, 2.24) is 13.5 Å². The molecule has 0 saturated carbocycles. The quantitative estimate of drug-likeness (QED) is 0.241. The highest BCUT2D eigenvalue weighted by atomic mass is 16.1. The zero-order valence-corrected chi connectivity index (χ0v) is 21.0. The molecule has 8 rings (SSSR count). The highest BCUT2D eigenvalue weighted by Crippen LogP contribution is 2.36. The molecule has 4 nitrogen and oxygen atoms in total. The Hall–Kier alpha value is -5.35. The molecule has 0 aliphatic heterocycles. The standard InChI is InChI=1S/C35H23N3O/c39-35-28-16-8-10-18-32(28)38-30(21-22-34(38)37(35)26-13-5-2-6-14-26)24-19-20-33-29(23-24)27-15-7-9-17-31(27)36(33)25-11-3-1-4-12-25/h1-23H. The van der Waals surface area contributed by atoms with Crippen LogP contribution in [0.5, 0.6) is 0 Å². The summed E-state index contributed by atoms with van der Waals surface area (Å²) in [4.78, 5) is 13.7. The van der Waals surface area contributed by atoms with E-state index in [1.54, 1.807) is 0 Å². The van der Waals surface area contributed by atoms with Crippen molar-refractivity contribution in [1.29, 1.82) is 0 Å². The molecule has 0 aliphatic carbocycles. The minimum atomic E-state index is -0.0182.